The Labute approximate surface area is 118 Å². The van der Waals surface area contributed by atoms with Gasteiger partial charge in [0.25, 0.3) is 0 Å². The first-order chi connectivity index (χ1) is 9.11. The zero-order valence-corrected chi connectivity index (χ0v) is 11.7. The van der Waals surface area contributed by atoms with E-state index in [0.29, 0.717) is 10.6 Å². The van der Waals surface area contributed by atoms with Crippen LogP contribution in [0.2, 0.25) is 5.02 Å². The molecule has 0 bridgehead atoms. The molecule has 19 heavy (non-hydrogen) atoms. The van der Waals surface area contributed by atoms with Gasteiger partial charge in [-0.25, -0.2) is 0 Å². The summed E-state index contributed by atoms with van der Waals surface area (Å²) in [6.07, 6.45) is 3.68. The van der Waals surface area contributed by atoms with Gasteiger partial charge in [-0.2, -0.15) is 0 Å². The second-order valence-corrected chi connectivity index (χ2v) is 5.30. The fourth-order valence-corrected chi connectivity index (χ4v) is 2.63. The molecular formula is C15H18ClNO2. The van der Waals surface area contributed by atoms with Gasteiger partial charge in [-0.15, -0.1) is 0 Å². The summed E-state index contributed by atoms with van der Waals surface area (Å²) in [6, 6.07) is 7.37. The molecule has 0 aliphatic carbocycles. The molecule has 3 nitrogen and oxygen atoms in total. The number of likely N-dealkylation sites (tertiary alicyclic amines) is 1. The maximum atomic E-state index is 12.3. The Morgan fingerprint density at radius 3 is 3.05 bits per heavy atom. The molecule has 1 atom stereocenters. The van der Waals surface area contributed by atoms with Crippen molar-refractivity contribution in [2.24, 2.45) is 0 Å². The first-order valence-corrected chi connectivity index (χ1v) is 6.85. The summed E-state index contributed by atoms with van der Waals surface area (Å²) in [6.45, 7) is 2.57. The molecular weight excluding hydrogens is 262 g/mol. The summed E-state index contributed by atoms with van der Waals surface area (Å²) in [5.74, 6) is -0.00322. The van der Waals surface area contributed by atoms with Crippen molar-refractivity contribution in [1.82, 2.24) is 4.90 Å². The molecule has 1 saturated heterocycles. The topological polar surface area (TPSA) is 40.5 Å². The lowest BCUT2D eigenvalue weighted by Gasteiger charge is -2.23. The fourth-order valence-electron chi connectivity index (χ4n) is 2.43. The van der Waals surface area contributed by atoms with Crippen LogP contribution in [0.25, 0.3) is 6.08 Å². The minimum atomic E-state index is -0.0322. The van der Waals surface area contributed by atoms with Crippen molar-refractivity contribution in [3.63, 3.8) is 0 Å². The molecule has 4 heteroatoms. The Hall–Kier alpha value is -1.32. The van der Waals surface area contributed by atoms with E-state index in [1.165, 1.54) is 0 Å². The van der Waals surface area contributed by atoms with Crippen molar-refractivity contribution >= 4 is 23.6 Å². The molecule has 1 amide bonds. The molecule has 2 rings (SSSR count). The Kier molecular flexibility index (Phi) is 4.61. The first-order valence-electron chi connectivity index (χ1n) is 6.47. The number of aliphatic hydroxyl groups excluding tert-OH is 1. The van der Waals surface area contributed by atoms with E-state index in [-0.39, 0.29) is 18.6 Å². The number of halogens is 1. The van der Waals surface area contributed by atoms with E-state index >= 15 is 0 Å². The van der Waals surface area contributed by atoms with E-state index in [9.17, 15) is 9.90 Å². The standard InChI is InChI=1S/C15H18ClNO2/c1-11(8-12-4-2-5-13(16)9-12)15(19)17-7-3-6-14(17)10-18/h2,4-5,8-9,14,18H,3,6-7,10H2,1H3/b11-8-/t14-/m1/s1. The third-order valence-corrected chi connectivity index (χ3v) is 3.65. The van der Waals surface area contributed by atoms with Gasteiger partial charge in [-0.1, -0.05) is 23.7 Å². The van der Waals surface area contributed by atoms with Gasteiger partial charge in [0.15, 0.2) is 0 Å². The minimum absolute atomic E-state index is 0.00322. The molecule has 0 aromatic heterocycles. The van der Waals surface area contributed by atoms with Crippen molar-refractivity contribution < 1.29 is 9.90 Å². The minimum Gasteiger partial charge on any atom is -0.394 e. The number of carbonyl (C=O) groups is 1. The zero-order valence-electron chi connectivity index (χ0n) is 11.0. The van der Waals surface area contributed by atoms with E-state index in [0.717, 1.165) is 24.9 Å². The van der Waals surface area contributed by atoms with E-state index in [1.54, 1.807) is 17.9 Å². The maximum absolute atomic E-state index is 12.3. The van der Waals surface area contributed by atoms with Gasteiger partial charge < -0.3 is 10.0 Å². The van der Waals surface area contributed by atoms with E-state index in [1.807, 2.05) is 24.3 Å². The number of benzene rings is 1. The molecule has 1 aromatic carbocycles. The number of amides is 1. The van der Waals surface area contributed by atoms with E-state index < -0.39 is 0 Å². The van der Waals surface area contributed by atoms with Gasteiger partial charge in [0.1, 0.15) is 0 Å². The molecule has 1 N–H and O–H groups in total. The molecule has 1 heterocycles. The molecule has 0 saturated carbocycles. The summed E-state index contributed by atoms with van der Waals surface area (Å²) in [5, 5.41) is 9.92. The average Bonchev–Trinajstić information content (AvgIpc) is 2.86. The number of nitrogens with zero attached hydrogens (tertiary/aromatic N) is 1. The van der Waals surface area contributed by atoms with Gasteiger partial charge >= 0.3 is 0 Å². The second-order valence-electron chi connectivity index (χ2n) is 4.86. The Bertz CT molecular complexity index is 499. The lowest BCUT2D eigenvalue weighted by molar-refractivity contribution is -0.128. The van der Waals surface area contributed by atoms with Crippen molar-refractivity contribution in [3.8, 4) is 0 Å². The lowest BCUT2D eigenvalue weighted by atomic mass is 10.1. The van der Waals surface area contributed by atoms with Crippen molar-refractivity contribution in [2.75, 3.05) is 13.2 Å². The Morgan fingerprint density at radius 2 is 2.37 bits per heavy atom. The van der Waals surface area contributed by atoms with Crippen LogP contribution in [0.4, 0.5) is 0 Å². The summed E-state index contributed by atoms with van der Waals surface area (Å²) in [5.41, 5.74) is 1.58. The molecule has 1 aliphatic heterocycles. The first kappa shape index (κ1) is 14.1. The second kappa shape index (κ2) is 6.22. The highest BCUT2D eigenvalue weighted by atomic mass is 35.5. The van der Waals surface area contributed by atoms with Crippen LogP contribution in [0, 0.1) is 0 Å². The SMILES string of the molecule is C/C(=C/c1cccc(Cl)c1)C(=O)N1CCC[C@@H]1CO. The van der Waals surface area contributed by atoms with Crippen LogP contribution in [-0.2, 0) is 4.79 Å². The molecule has 1 aliphatic rings. The van der Waals surface area contributed by atoms with Gasteiger partial charge in [0.2, 0.25) is 5.91 Å². The summed E-state index contributed by atoms with van der Waals surface area (Å²) in [7, 11) is 0. The van der Waals surface area contributed by atoms with Crippen LogP contribution in [0.15, 0.2) is 29.8 Å². The predicted octanol–water partition coefficient (Wildman–Crippen LogP) is 2.73. The van der Waals surface area contributed by atoms with Gasteiger partial charge in [0.05, 0.1) is 12.6 Å². The summed E-state index contributed by atoms with van der Waals surface area (Å²) in [4.78, 5) is 14.1. The van der Waals surface area contributed by atoms with Crippen molar-refractivity contribution in [1.29, 1.82) is 0 Å². The van der Waals surface area contributed by atoms with E-state index in [2.05, 4.69) is 0 Å². The Balaban J connectivity index is 2.14. The predicted molar refractivity (Wildman–Crippen MR) is 76.9 cm³/mol. The van der Waals surface area contributed by atoms with Crippen LogP contribution in [0.5, 0.6) is 0 Å². The maximum Gasteiger partial charge on any atom is 0.249 e. The highest BCUT2D eigenvalue weighted by Gasteiger charge is 2.28. The Morgan fingerprint density at radius 1 is 1.58 bits per heavy atom. The van der Waals surface area contributed by atoms with Gasteiger partial charge in [-0.3, -0.25) is 4.79 Å². The fraction of sp³-hybridized carbons (Fsp3) is 0.400. The molecule has 0 spiro atoms. The third-order valence-electron chi connectivity index (χ3n) is 3.42. The normalized spacial score (nSPS) is 19.8. The highest BCUT2D eigenvalue weighted by Crippen LogP contribution is 2.20. The monoisotopic (exact) mass is 279 g/mol. The van der Waals surface area contributed by atoms with Crippen LogP contribution >= 0.6 is 11.6 Å². The van der Waals surface area contributed by atoms with Crippen LogP contribution in [-0.4, -0.2) is 35.1 Å². The lowest BCUT2D eigenvalue weighted by Crippen LogP contribution is -2.38. The van der Waals surface area contributed by atoms with Crippen LogP contribution in [0.1, 0.15) is 25.3 Å². The summed E-state index contributed by atoms with van der Waals surface area (Å²) < 4.78 is 0. The van der Waals surface area contributed by atoms with E-state index in [4.69, 9.17) is 11.6 Å². The molecule has 1 aromatic rings. The quantitative estimate of drug-likeness (QED) is 0.865. The van der Waals surface area contributed by atoms with Crippen LogP contribution < -0.4 is 0 Å². The van der Waals surface area contributed by atoms with Crippen molar-refractivity contribution in [2.45, 2.75) is 25.8 Å². The van der Waals surface area contributed by atoms with Gasteiger partial charge in [-0.05, 0) is 43.5 Å². The summed E-state index contributed by atoms with van der Waals surface area (Å²) >= 11 is 5.92. The average molecular weight is 280 g/mol. The number of hydrogen-bond donors (Lipinski definition) is 1. The number of aliphatic hydroxyl groups is 1. The molecule has 0 unspecified atom stereocenters. The molecule has 102 valence electrons. The number of rotatable bonds is 3. The third kappa shape index (κ3) is 3.37. The zero-order chi connectivity index (χ0) is 13.8. The molecule has 0 radical (unpaired) electrons. The highest BCUT2D eigenvalue weighted by molar-refractivity contribution is 6.30. The number of carbonyl (C=O) groups excluding carboxylic acids is 1. The molecule has 1 fully saturated rings. The van der Waals surface area contributed by atoms with Crippen molar-refractivity contribution in [3.05, 3.63) is 40.4 Å². The largest absolute Gasteiger partial charge is 0.394 e. The number of hydrogen-bond acceptors (Lipinski definition) is 2. The van der Waals surface area contributed by atoms with Crippen LogP contribution in [0.3, 0.4) is 0 Å². The van der Waals surface area contributed by atoms with Gasteiger partial charge in [0, 0.05) is 17.1 Å². The smallest absolute Gasteiger partial charge is 0.249 e.